The largest absolute Gasteiger partial charge is 0.335 e. The fourth-order valence-corrected chi connectivity index (χ4v) is 4.37. The molecule has 1 aromatic rings. The summed E-state index contributed by atoms with van der Waals surface area (Å²) >= 11 is 0. The molecule has 1 aliphatic carbocycles. The standard InChI is InChI=1S/C21H33N5O2/c1-16-5-7-19(8-6-16)24-21(28)25-10-3-4-20(9-11-25)26(17(2)27)14-18-12-22-15-23-13-18/h12-13,15-16,19-20H,3-11,14H2,1-2H3,(H,24,28)/t16?,19?,20-/m0/s1. The van der Waals surface area contributed by atoms with Crippen LogP contribution in [-0.2, 0) is 11.3 Å². The highest BCUT2D eigenvalue weighted by molar-refractivity contribution is 5.75. The van der Waals surface area contributed by atoms with Gasteiger partial charge in [0.25, 0.3) is 0 Å². The summed E-state index contributed by atoms with van der Waals surface area (Å²) in [4.78, 5) is 36.9. The summed E-state index contributed by atoms with van der Waals surface area (Å²) in [5.74, 6) is 0.836. The predicted molar refractivity (Wildman–Crippen MR) is 107 cm³/mol. The molecule has 3 amide bonds. The van der Waals surface area contributed by atoms with Gasteiger partial charge < -0.3 is 15.1 Å². The van der Waals surface area contributed by atoms with Gasteiger partial charge in [0.15, 0.2) is 0 Å². The van der Waals surface area contributed by atoms with E-state index in [1.54, 1.807) is 19.3 Å². The average molecular weight is 388 g/mol. The summed E-state index contributed by atoms with van der Waals surface area (Å²) < 4.78 is 0. The molecule has 7 heteroatoms. The van der Waals surface area contributed by atoms with Crippen molar-refractivity contribution in [3.63, 3.8) is 0 Å². The zero-order chi connectivity index (χ0) is 19.9. The Hall–Kier alpha value is -2.18. The minimum Gasteiger partial charge on any atom is -0.335 e. The van der Waals surface area contributed by atoms with Gasteiger partial charge in [-0.25, -0.2) is 14.8 Å². The van der Waals surface area contributed by atoms with Crippen molar-refractivity contribution in [2.45, 2.75) is 77.4 Å². The monoisotopic (exact) mass is 387 g/mol. The zero-order valence-electron chi connectivity index (χ0n) is 17.1. The van der Waals surface area contributed by atoms with Gasteiger partial charge in [0, 0.05) is 56.6 Å². The first-order chi connectivity index (χ1) is 13.5. The minimum absolute atomic E-state index is 0.0584. The predicted octanol–water partition coefficient (Wildman–Crippen LogP) is 2.97. The van der Waals surface area contributed by atoms with Gasteiger partial charge in [-0.05, 0) is 50.9 Å². The summed E-state index contributed by atoms with van der Waals surface area (Å²) in [6, 6.07) is 0.520. The highest BCUT2D eigenvalue weighted by atomic mass is 16.2. The number of rotatable bonds is 4. The first-order valence-corrected chi connectivity index (χ1v) is 10.6. The van der Waals surface area contributed by atoms with Gasteiger partial charge in [0.05, 0.1) is 0 Å². The van der Waals surface area contributed by atoms with Crippen LogP contribution in [0.3, 0.4) is 0 Å². The maximum atomic E-state index is 12.7. The summed E-state index contributed by atoms with van der Waals surface area (Å²) in [6.07, 6.45) is 12.2. The summed E-state index contributed by atoms with van der Waals surface area (Å²) in [7, 11) is 0. The molecular weight excluding hydrogens is 354 g/mol. The van der Waals surface area contributed by atoms with E-state index in [-0.39, 0.29) is 18.0 Å². The van der Waals surface area contributed by atoms with Crippen LogP contribution < -0.4 is 5.32 Å². The van der Waals surface area contributed by atoms with E-state index in [2.05, 4.69) is 22.2 Å². The number of carbonyl (C=O) groups is 2. The third-order valence-corrected chi connectivity index (χ3v) is 6.14. The van der Waals surface area contributed by atoms with E-state index >= 15 is 0 Å². The van der Waals surface area contributed by atoms with Crippen molar-refractivity contribution >= 4 is 11.9 Å². The molecular formula is C21H33N5O2. The Labute approximate surface area is 167 Å². The number of hydrogen-bond acceptors (Lipinski definition) is 4. The van der Waals surface area contributed by atoms with Crippen molar-refractivity contribution < 1.29 is 9.59 Å². The molecule has 1 saturated carbocycles. The van der Waals surface area contributed by atoms with E-state index in [1.807, 2.05) is 9.80 Å². The molecule has 0 radical (unpaired) electrons. The van der Waals surface area contributed by atoms with Crippen LogP contribution in [0, 0.1) is 5.92 Å². The molecule has 1 aromatic heterocycles. The smallest absolute Gasteiger partial charge is 0.317 e. The normalized spacial score (nSPS) is 25.6. The number of nitrogens with zero attached hydrogens (tertiary/aromatic N) is 4. The van der Waals surface area contributed by atoms with E-state index in [0.29, 0.717) is 19.1 Å². The SMILES string of the molecule is CC(=O)N(Cc1cncnc1)[C@H]1CCCN(C(=O)NC2CCC(C)CC2)CC1. The number of carbonyl (C=O) groups excluding carboxylic acids is 2. The van der Waals surface area contributed by atoms with Crippen LogP contribution in [0.5, 0.6) is 0 Å². The fraction of sp³-hybridized carbons (Fsp3) is 0.714. The van der Waals surface area contributed by atoms with Crippen LogP contribution in [0.1, 0.15) is 64.4 Å². The second kappa shape index (κ2) is 9.85. The molecule has 0 aromatic carbocycles. The van der Waals surface area contributed by atoms with Gasteiger partial charge in [-0.2, -0.15) is 0 Å². The molecule has 7 nitrogen and oxygen atoms in total. The summed E-state index contributed by atoms with van der Waals surface area (Å²) in [5.41, 5.74) is 0.933. The minimum atomic E-state index is 0.0584. The Morgan fingerprint density at radius 1 is 1.11 bits per heavy atom. The lowest BCUT2D eigenvalue weighted by atomic mass is 9.87. The van der Waals surface area contributed by atoms with Crippen molar-refractivity contribution in [3.8, 4) is 0 Å². The van der Waals surface area contributed by atoms with Crippen molar-refractivity contribution in [2.75, 3.05) is 13.1 Å². The van der Waals surface area contributed by atoms with E-state index in [9.17, 15) is 9.59 Å². The molecule has 2 heterocycles. The number of likely N-dealkylation sites (tertiary alicyclic amines) is 1. The van der Waals surface area contributed by atoms with Crippen LogP contribution in [0.4, 0.5) is 4.79 Å². The van der Waals surface area contributed by atoms with E-state index in [1.165, 1.54) is 19.2 Å². The van der Waals surface area contributed by atoms with Crippen molar-refractivity contribution in [2.24, 2.45) is 5.92 Å². The molecule has 3 rings (SSSR count). The molecule has 2 aliphatic rings. The van der Waals surface area contributed by atoms with Crippen LogP contribution in [-0.4, -0.2) is 56.9 Å². The highest BCUT2D eigenvalue weighted by Crippen LogP contribution is 2.24. The van der Waals surface area contributed by atoms with Crippen LogP contribution >= 0.6 is 0 Å². The molecule has 0 unspecified atom stereocenters. The third kappa shape index (κ3) is 5.66. The maximum absolute atomic E-state index is 12.7. The lowest BCUT2D eigenvalue weighted by molar-refractivity contribution is -0.132. The lowest BCUT2D eigenvalue weighted by Gasteiger charge is -2.31. The van der Waals surface area contributed by atoms with Gasteiger partial charge >= 0.3 is 6.03 Å². The van der Waals surface area contributed by atoms with Gasteiger partial charge in [0.2, 0.25) is 5.91 Å². The Morgan fingerprint density at radius 2 is 1.82 bits per heavy atom. The fourth-order valence-electron chi connectivity index (χ4n) is 4.37. The first-order valence-electron chi connectivity index (χ1n) is 10.6. The quantitative estimate of drug-likeness (QED) is 0.861. The second-order valence-electron chi connectivity index (χ2n) is 8.37. The lowest BCUT2D eigenvalue weighted by Crippen LogP contribution is -2.46. The van der Waals surface area contributed by atoms with Gasteiger partial charge in [0.1, 0.15) is 6.33 Å². The number of nitrogens with one attached hydrogen (secondary N) is 1. The molecule has 1 atom stereocenters. The van der Waals surface area contributed by atoms with E-state index in [0.717, 1.165) is 50.1 Å². The molecule has 0 spiro atoms. The second-order valence-corrected chi connectivity index (χ2v) is 8.37. The van der Waals surface area contributed by atoms with Gasteiger partial charge in [-0.1, -0.05) is 6.92 Å². The molecule has 154 valence electrons. The van der Waals surface area contributed by atoms with Crippen LogP contribution in [0.15, 0.2) is 18.7 Å². The number of hydrogen-bond donors (Lipinski definition) is 1. The molecule has 1 saturated heterocycles. The molecule has 1 aliphatic heterocycles. The maximum Gasteiger partial charge on any atom is 0.317 e. The summed E-state index contributed by atoms with van der Waals surface area (Å²) in [6.45, 7) is 5.87. The van der Waals surface area contributed by atoms with Crippen molar-refractivity contribution in [3.05, 3.63) is 24.3 Å². The number of urea groups is 1. The third-order valence-electron chi connectivity index (χ3n) is 6.14. The Bertz CT molecular complexity index is 645. The number of aromatic nitrogens is 2. The Morgan fingerprint density at radius 3 is 2.50 bits per heavy atom. The molecule has 0 bridgehead atoms. The summed E-state index contributed by atoms with van der Waals surface area (Å²) in [5, 5.41) is 3.23. The first kappa shape index (κ1) is 20.6. The number of amides is 3. The Kier molecular flexibility index (Phi) is 7.23. The van der Waals surface area contributed by atoms with Gasteiger partial charge in [-0.3, -0.25) is 4.79 Å². The zero-order valence-corrected chi connectivity index (χ0v) is 17.1. The van der Waals surface area contributed by atoms with E-state index in [4.69, 9.17) is 0 Å². The van der Waals surface area contributed by atoms with Gasteiger partial charge in [-0.15, -0.1) is 0 Å². The molecule has 2 fully saturated rings. The molecule has 28 heavy (non-hydrogen) atoms. The Balaban J connectivity index is 1.54. The molecule has 1 N–H and O–H groups in total. The van der Waals surface area contributed by atoms with Crippen molar-refractivity contribution in [1.29, 1.82) is 0 Å². The highest BCUT2D eigenvalue weighted by Gasteiger charge is 2.28. The van der Waals surface area contributed by atoms with Crippen LogP contribution in [0.2, 0.25) is 0 Å². The topological polar surface area (TPSA) is 78.4 Å². The van der Waals surface area contributed by atoms with E-state index < -0.39 is 0 Å². The average Bonchev–Trinajstić information content (AvgIpc) is 2.94. The van der Waals surface area contributed by atoms with Crippen molar-refractivity contribution in [1.82, 2.24) is 25.1 Å². The van der Waals surface area contributed by atoms with Crippen LogP contribution in [0.25, 0.3) is 0 Å².